The van der Waals surface area contributed by atoms with Crippen molar-refractivity contribution in [3.05, 3.63) is 24.3 Å². The van der Waals surface area contributed by atoms with Gasteiger partial charge in [0.1, 0.15) is 0 Å². The molecule has 21 heavy (non-hydrogen) atoms. The number of anilines is 1. The van der Waals surface area contributed by atoms with E-state index in [1.165, 1.54) is 12.1 Å². The zero-order chi connectivity index (χ0) is 14.6. The van der Waals surface area contributed by atoms with Gasteiger partial charge in [-0.3, -0.25) is 4.79 Å². The maximum atomic E-state index is 12.0. The van der Waals surface area contributed by atoms with Gasteiger partial charge in [0, 0.05) is 18.4 Å². The lowest BCUT2D eigenvalue weighted by Crippen LogP contribution is -2.30. The number of halogens is 1. The second-order valence-corrected chi connectivity index (χ2v) is 7.26. The van der Waals surface area contributed by atoms with Crippen molar-refractivity contribution in [1.82, 2.24) is 5.32 Å². The van der Waals surface area contributed by atoms with Crippen molar-refractivity contribution in [1.29, 1.82) is 0 Å². The molecule has 1 saturated heterocycles. The average molecular weight is 333 g/mol. The number of benzene rings is 1. The molecule has 0 atom stereocenters. The molecule has 0 unspecified atom stereocenters. The molecule has 2 rings (SSSR count). The molecule has 1 fully saturated rings. The Balaban J connectivity index is 0.00000220. The standard InChI is InChI=1S/C14H20N2O3S.ClH/c1-20(18,19)13-4-2-3-12(10-13)16-14(17)9-11-5-7-15-8-6-11;/h2-4,10-11,15H,5-9H2,1H3,(H,16,17);1H. The highest BCUT2D eigenvalue weighted by Gasteiger charge is 2.17. The minimum Gasteiger partial charge on any atom is -0.326 e. The number of rotatable bonds is 4. The van der Waals surface area contributed by atoms with E-state index < -0.39 is 9.84 Å². The summed E-state index contributed by atoms with van der Waals surface area (Å²) in [5.41, 5.74) is 0.534. The predicted molar refractivity (Wildman–Crippen MR) is 85.6 cm³/mol. The van der Waals surface area contributed by atoms with Gasteiger partial charge in [0.25, 0.3) is 0 Å². The van der Waals surface area contributed by atoms with Gasteiger partial charge in [-0.05, 0) is 50.0 Å². The van der Waals surface area contributed by atoms with Gasteiger partial charge < -0.3 is 10.6 Å². The molecule has 1 amide bonds. The van der Waals surface area contributed by atoms with E-state index in [2.05, 4.69) is 10.6 Å². The molecular weight excluding hydrogens is 312 g/mol. The summed E-state index contributed by atoms with van der Waals surface area (Å²) >= 11 is 0. The van der Waals surface area contributed by atoms with E-state index in [0.29, 0.717) is 18.0 Å². The molecule has 0 aliphatic carbocycles. The Kier molecular flexibility index (Phi) is 6.64. The molecule has 1 aromatic carbocycles. The fraction of sp³-hybridized carbons (Fsp3) is 0.500. The van der Waals surface area contributed by atoms with Crippen molar-refractivity contribution >= 4 is 33.8 Å². The second-order valence-electron chi connectivity index (χ2n) is 5.25. The largest absolute Gasteiger partial charge is 0.326 e. The molecule has 1 heterocycles. The van der Waals surface area contributed by atoms with E-state index in [4.69, 9.17) is 0 Å². The fourth-order valence-corrected chi connectivity index (χ4v) is 3.03. The lowest BCUT2D eigenvalue weighted by Gasteiger charge is -2.21. The Hall–Kier alpha value is -1.11. The van der Waals surface area contributed by atoms with Crippen LogP contribution < -0.4 is 10.6 Å². The Morgan fingerprint density at radius 1 is 1.33 bits per heavy atom. The molecule has 0 spiro atoms. The highest BCUT2D eigenvalue weighted by atomic mass is 35.5. The molecule has 0 radical (unpaired) electrons. The average Bonchev–Trinajstić information content (AvgIpc) is 2.39. The van der Waals surface area contributed by atoms with Crippen molar-refractivity contribution in [3.8, 4) is 0 Å². The summed E-state index contributed by atoms with van der Waals surface area (Å²) in [6.45, 7) is 1.92. The highest BCUT2D eigenvalue weighted by Crippen LogP contribution is 2.19. The number of sulfone groups is 1. The number of hydrogen-bond donors (Lipinski definition) is 2. The lowest BCUT2D eigenvalue weighted by molar-refractivity contribution is -0.117. The molecule has 0 aromatic heterocycles. The van der Waals surface area contributed by atoms with Crippen molar-refractivity contribution in [3.63, 3.8) is 0 Å². The molecule has 0 saturated carbocycles. The quantitative estimate of drug-likeness (QED) is 0.882. The van der Waals surface area contributed by atoms with Crippen LogP contribution in [0.15, 0.2) is 29.2 Å². The van der Waals surface area contributed by atoms with Crippen molar-refractivity contribution < 1.29 is 13.2 Å². The summed E-state index contributed by atoms with van der Waals surface area (Å²) in [5, 5.41) is 6.04. The van der Waals surface area contributed by atoms with E-state index in [-0.39, 0.29) is 23.2 Å². The van der Waals surface area contributed by atoms with E-state index in [1.54, 1.807) is 12.1 Å². The third kappa shape index (κ3) is 5.65. The Labute approximate surface area is 131 Å². The fourth-order valence-electron chi connectivity index (χ4n) is 2.36. The molecule has 1 aliphatic heterocycles. The number of amides is 1. The van der Waals surface area contributed by atoms with Crippen LogP contribution in [0.2, 0.25) is 0 Å². The van der Waals surface area contributed by atoms with E-state index in [1.807, 2.05) is 0 Å². The molecule has 118 valence electrons. The lowest BCUT2D eigenvalue weighted by atomic mass is 9.94. The predicted octanol–water partition coefficient (Wildman–Crippen LogP) is 1.84. The van der Waals surface area contributed by atoms with E-state index >= 15 is 0 Å². The molecule has 1 aliphatic rings. The SMILES string of the molecule is CS(=O)(=O)c1cccc(NC(=O)CC2CCNCC2)c1.Cl. The van der Waals surface area contributed by atoms with Gasteiger partial charge in [-0.1, -0.05) is 6.07 Å². The smallest absolute Gasteiger partial charge is 0.224 e. The summed E-state index contributed by atoms with van der Waals surface area (Å²) in [4.78, 5) is 12.2. The minimum atomic E-state index is -3.25. The van der Waals surface area contributed by atoms with Crippen LogP contribution >= 0.6 is 12.4 Å². The summed E-state index contributed by atoms with van der Waals surface area (Å²) in [6, 6.07) is 6.36. The van der Waals surface area contributed by atoms with Gasteiger partial charge in [-0.15, -0.1) is 12.4 Å². The van der Waals surface area contributed by atoms with Gasteiger partial charge in [0.05, 0.1) is 4.90 Å². The normalized spacial score (nSPS) is 16.0. The maximum Gasteiger partial charge on any atom is 0.224 e. The van der Waals surface area contributed by atoms with Crippen molar-refractivity contribution in [2.24, 2.45) is 5.92 Å². The van der Waals surface area contributed by atoms with Crippen LogP contribution in [0.3, 0.4) is 0 Å². The Bertz CT molecular complexity index is 584. The zero-order valence-corrected chi connectivity index (χ0v) is 13.6. The monoisotopic (exact) mass is 332 g/mol. The molecule has 1 aromatic rings. The number of carbonyl (C=O) groups excluding carboxylic acids is 1. The number of carbonyl (C=O) groups is 1. The zero-order valence-electron chi connectivity index (χ0n) is 12.0. The van der Waals surface area contributed by atoms with Gasteiger partial charge in [0.15, 0.2) is 9.84 Å². The van der Waals surface area contributed by atoms with Crippen molar-refractivity contribution in [2.45, 2.75) is 24.2 Å². The van der Waals surface area contributed by atoms with Gasteiger partial charge in [-0.2, -0.15) is 0 Å². The maximum absolute atomic E-state index is 12.0. The summed E-state index contributed by atoms with van der Waals surface area (Å²) in [6.07, 6.45) is 3.67. The molecule has 5 nitrogen and oxygen atoms in total. The summed E-state index contributed by atoms with van der Waals surface area (Å²) in [5.74, 6) is 0.358. The van der Waals surface area contributed by atoms with Crippen LogP contribution in [0.4, 0.5) is 5.69 Å². The Morgan fingerprint density at radius 2 is 2.00 bits per heavy atom. The first-order chi connectivity index (χ1) is 9.45. The van der Waals surface area contributed by atoms with Crippen LogP contribution in [0.5, 0.6) is 0 Å². The van der Waals surface area contributed by atoms with E-state index in [0.717, 1.165) is 32.2 Å². The van der Waals surface area contributed by atoms with Crippen LogP contribution in [-0.4, -0.2) is 33.7 Å². The van der Waals surface area contributed by atoms with Crippen LogP contribution in [-0.2, 0) is 14.6 Å². The van der Waals surface area contributed by atoms with Crippen molar-refractivity contribution in [2.75, 3.05) is 24.7 Å². The Morgan fingerprint density at radius 3 is 2.62 bits per heavy atom. The molecular formula is C14H21ClN2O3S. The second kappa shape index (κ2) is 7.77. The topological polar surface area (TPSA) is 75.3 Å². The number of nitrogens with one attached hydrogen (secondary N) is 2. The number of piperidine rings is 1. The minimum absolute atomic E-state index is 0. The highest BCUT2D eigenvalue weighted by molar-refractivity contribution is 7.90. The van der Waals surface area contributed by atoms with E-state index in [9.17, 15) is 13.2 Å². The molecule has 7 heteroatoms. The van der Waals surface area contributed by atoms with Crippen LogP contribution in [0, 0.1) is 5.92 Å². The molecule has 0 bridgehead atoms. The first-order valence-electron chi connectivity index (χ1n) is 6.76. The third-order valence-corrected chi connectivity index (χ3v) is 4.59. The summed E-state index contributed by atoms with van der Waals surface area (Å²) in [7, 11) is -3.25. The first kappa shape index (κ1) is 17.9. The van der Waals surface area contributed by atoms with Gasteiger partial charge in [0.2, 0.25) is 5.91 Å². The summed E-state index contributed by atoms with van der Waals surface area (Å²) < 4.78 is 22.9. The third-order valence-electron chi connectivity index (χ3n) is 3.48. The first-order valence-corrected chi connectivity index (χ1v) is 8.65. The van der Waals surface area contributed by atoms with Crippen LogP contribution in [0.25, 0.3) is 0 Å². The molecule has 2 N–H and O–H groups in total. The van der Waals surface area contributed by atoms with Gasteiger partial charge >= 0.3 is 0 Å². The van der Waals surface area contributed by atoms with Gasteiger partial charge in [-0.25, -0.2) is 8.42 Å². The number of hydrogen-bond acceptors (Lipinski definition) is 4. The van der Waals surface area contributed by atoms with Crippen LogP contribution in [0.1, 0.15) is 19.3 Å².